The molecule has 0 saturated heterocycles. The van der Waals surface area contributed by atoms with E-state index in [1.165, 1.54) is 19.2 Å². The number of rotatable bonds is 1. The van der Waals surface area contributed by atoms with E-state index in [2.05, 4.69) is 0 Å². The van der Waals surface area contributed by atoms with Crippen molar-refractivity contribution in [3.8, 4) is 0 Å². The van der Waals surface area contributed by atoms with E-state index in [0.717, 1.165) is 10.6 Å². The Morgan fingerprint density at radius 2 is 1.71 bits per heavy atom. The van der Waals surface area contributed by atoms with Crippen LogP contribution in [-0.2, 0) is 10.1 Å². The van der Waals surface area contributed by atoms with E-state index in [1.54, 1.807) is 12.1 Å². The molecule has 1 rings (SSSR count). The summed E-state index contributed by atoms with van der Waals surface area (Å²) in [6, 6.07) is 5.99. The lowest BCUT2D eigenvalue weighted by Gasteiger charge is -2.05. The highest BCUT2D eigenvalue weighted by atomic mass is 32.2. The fourth-order valence-electron chi connectivity index (χ4n) is 0.710. The van der Waals surface area contributed by atoms with Crippen LogP contribution in [0.2, 0.25) is 0 Å². The third-order valence-corrected chi connectivity index (χ3v) is 2.57. The zero-order valence-corrected chi connectivity index (χ0v) is 10.4. The van der Waals surface area contributed by atoms with Crippen LogP contribution in [0.4, 0.5) is 0 Å². The fraction of sp³-hybridized carbons (Fsp3) is 0.222. The first kappa shape index (κ1) is 15.4. The molecule has 0 heterocycles. The number of hydrazine groups is 1. The summed E-state index contributed by atoms with van der Waals surface area (Å²) in [4.78, 5) is -0.0666. The average Bonchev–Trinajstić information content (AvgIpc) is 2.17. The van der Waals surface area contributed by atoms with Crippen LogP contribution >= 0.6 is 0 Å². The number of nitrogens with two attached hydrogens (primary N) is 2. The molecule has 0 aliphatic rings. The molecule has 7 nitrogen and oxygen atoms in total. The van der Waals surface area contributed by atoms with Gasteiger partial charge >= 0.3 is 0 Å². The summed E-state index contributed by atoms with van der Waals surface area (Å²) in [5.41, 5.74) is 5.78. The molecule has 0 unspecified atom stereocenters. The Bertz CT molecular complexity index is 468. The number of guanidine groups is 1. The predicted octanol–water partition coefficient (Wildman–Crippen LogP) is -0.0729. The molecule has 0 spiro atoms. The van der Waals surface area contributed by atoms with Gasteiger partial charge in [0.15, 0.2) is 0 Å². The van der Waals surface area contributed by atoms with Crippen LogP contribution in [0.25, 0.3) is 0 Å². The molecule has 0 aliphatic heterocycles. The van der Waals surface area contributed by atoms with Crippen LogP contribution in [-0.4, -0.2) is 31.0 Å². The lowest BCUT2D eigenvalue weighted by molar-refractivity contribution is 0.483. The van der Waals surface area contributed by atoms with Crippen molar-refractivity contribution in [2.24, 2.45) is 11.6 Å². The fourth-order valence-corrected chi connectivity index (χ4v) is 1.19. The first-order valence-corrected chi connectivity index (χ1v) is 5.95. The van der Waals surface area contributed by atoms with E-state index < -0.39 is 10.1 Å². The first-order chi connectivity index (χ1) is 7.64. The molecule has 96 valence electrons. The number of hydrogen-bond donors (Lipinski definition) is 4. The maximum absolute atomic E-state index is 10.5. The van der Waals surface area contributed by atoms with E-state index in [9.17, 15) is 8.42 Å². The number of aryl methyl sites for hydroxylation is 1. The van der Waals surface area contributed by atoms with Crippen molar-refractivity contribution in [2.75, 3.05) is 7.05 Å². The highest BCUT2D eigenvalue weighted by Gasteiger charge is 2.06. The smallest absolute Gasteiger partial charge is 0.294 e. The van der Waals surface area contributed by atoms with E-state index in [0.29, 0.717) is 0 Å². The van der Waals surface area contributed by atoms with E-state index in [4.69, 9.17) is 21.5 Å². The van der Waals surface area contributed by atoms with Crippen molar-refractivity contribution in [1.29, 1.82) is 5.41 Å². The largest absolute Gasteiger partial charge is 0.369 e. The van der Waals surface area contributed by atoms with Crippen molar-refractivity contribution >= 4 is 16.1 Å². The molecule has 0 amide bonds. The summed E-state index contributed by atoms with van der Waals surface area (Å²) >= 11 is 0. The number of nitrogens with one attached hydrogen (secondary N) is 1. The van der Waals surface area contributed by atoms with E-state index in [1.807, 2.05) is 6.92 Å². The summed E-state index contributed by atoms with van der Waals surface area (Å²) in [7, 11) is -2.52. The second-order valence-corrected chi connectivity index (χ2v) is 4.71. The van der Waals surface area contributed by atoms with Gasteiger partial charge in [-0.1, -0.05) is 17.7 Å². The summed E-state index contributed by atoms with van der Waals surface area (Å²) in [5.74, 6) is 4.79. The minimum Gasteiger partial charge on any atom is -0.369 e. The van der Waals surface area contributed by atoms with Gasteiger partial charge in [0, 0.05) is 7.05 Å². The predicted molar refractivity (Wildman–Crippen MR) is 64.9 cm³/mol. The first-order valence-electron chi connectivity index (χ1n) is 4.51. The minimum absolute atomic E-state index is 0.0666. The topological polar surface area (TPSA) is 133 Å². The third-order valence-electron chi connectivity index (χ3n) is 1.70. The SMILES string of the molecule is CN(N)C(=N)N.Cc1ccc(S(=O)(=O)O)cc1. The zero-order valence-electron chi connectivity index (χ0n) is 9.58. The Labute approximate surface area is 100 Å². The molecule has 1 aromatic rings. The number of nitrogens with zero attached hydrogens (tertiary/aromatic N) is 1. The maximum atomic E-state index is 10.5. The summed E-state index contributed by atoms with van der Waals surface area (Å²) in [5, 5.41) is 7.56. The Balaban J connectivity index is 0.000000366. The Morgan fingerprint density at radius 1 is 1.35 bits per heavy atom. The molecular formula is C9H16N4O3S. The van der Waals surface area contributed by atoms with Gasteiger partial charge in [-0.25, -0.2) is 5.84 Å². The quantitative estimate of drug-likeness (QED) is 0.183. The Morgan fingerprint density at radius 3 is 1.94 bits per heavy atom. The van der Waals surface area contributed by atoms with Crippen molar-refractivity contribution in [1.82, 2.24) is 5.01 Å². The van der Waals surface area contributed by atoms with Crippen molar-refractivity contribution in [2.45, 2.75) is 11.8 Å². The van der Waals surface area contributed by atoms with Gasteiger partial charge in [-0.3, -0.25) is 15.0 Å². The highest BCUT2D eigenvalue weighted by Crippen LogP contribution is 2.08. The molecule has 0 saturated carbocycles. The zero-order chi connectivity index (χ0) is 13.6. The average molecular weight is 260 g/mol. The summed E-state index contributed by atoms with van der Waals surface area (Å²) < 4.78 is 29.6. The van der Waals surface area contributed by atoms with E-state index >= 15 is 0 Å². The van der Waals surface area contributed by atoms with Crippen molar-refractivity contribution < 1.29 is 13.0 Å². The minimum atomic E-state index is -4.02. The van der Waals surface area contributed by atoms with Crippen LogP contribution in [0.15, 0.2) is 29.2 Å². The summed E-state index contributed by atoms with van der Waals surface area (Å²) in [6.07, 6.45) is 0. The molecule has 1 aromatic carbocycles. The van der Waals surface area contributed by atoms with E-state index in [-0.39, 0.29) is 10.9 Å². The molecule has 0 bridgehead atoms. The van der Waals surface area contributed by atoms with Gasteiger partial charge in [-0.2, -0.15) is 8.42 Å². The van der Waals surface area contributed by atoms with Crippen LogP contribution in [0.5, 0.6) is 0 Å². The van der Waals surface area contributed by atoms with Crippen molar-refractivity contribution in [3.63, 3.8) is 0 Å². The van der Waals surface area contributed by atoms with Crippen molar-refractivity contribution in [3.05, 3.63) is 29.8 Å². The molecular weight excluding hydrogens is 244 g/mol. The van der Waals surface area contributed by atoms with Crippen LogP contribution in [0.1, 0.15) is 5.56 Å². The van der Waals surface area contributed by atoms with Gasteiger partial charge < -0.3 is 5.73 Å². The normalized spacial score (nSPS) is 10.1. The molecule has 6 N–H and O–H groups in total. The van der Waals surface area contributed by atoms with Gasteiger partial charge in [0.05, 0.1) is 4.90 Å². The third kappa shape index (κ3) is 6.51. The molecule has 8 heteroatoms. The Hall–Kier alpha value is -1.64. The highest BCUT2D eigenvalue weighted by molar-refractivity contribution is 7.85. The molecule has 0 aromatic heterocycles. The van der Waals surface area contributed by atoms with Crippen LogP contribution < -0.4 is 11.6 Å². The molecule has 0 atom stereocenters. The second-order valence-electron chi connectivity index (χ2n) is 3.28. The van der Waals surface area contributed by atoms with Gasteiger partial charge in [0.25, 0.3) is 10.1 Å². The maximum Gasteiger partial charge on any atom is 0.294 e. The Kier molecular flexibility index (Phi) is 5.59. The molecule has 17 heavy (non-hydrogen) atoms. The molecule has 0 fully saturated rings. The number of benzene rings is 1. The van der Waals surface area contributed by atoms with Crippen LogP contribution in [0, 0.1) is 12.3 Å². The lowest BCUT2D eigenvalue weighted by atomic mass is 10.2. The van der Waals surface area contributed by atoms with Crippen LogP contribution in [0.3, 0.4) is 0 Å². The number of hydrogen-bond acceptors (Lipinski definition) is 4. The van der Waals surface area contributed by atoms with Gasteiger partial charge in [-0.15, -0.1) is 0 Å². The van der Waals surface area contributed by atoms with Gasteiger partial charge in [0.1, 0.15) is 0 Å². The monoisotopic (exact) mass is 260 g/mol. The summed E-state index contributed by atoms with van der Waals surface area (Å²) in [6.45, 7) is 1.84. The van der Waals surface area contributed by atoms with Gasteiger partial charge in [-0.05, 0) is 19.1 Å². The second kappa shape index (κ2) is 6.18. The molecule has 0 radical (unpaired) electrons. The lowest BCUT2D eigenvalue weighted by Crippen LogP contribution is -2.38. The molecule has 0 aliphatic carbocycles. The van der Waals surface area contributed by atoms with Gasteiger partial charge in [0.2, 0.25) is 5.96 Å². The standard InChI is InChI=1S/C7H8O3S.C2H8N4/c1-6-2-4-7(5-3-6)11(8,9)10;1-6(5)2(3)4/h2-5H,1H3,(H,8,9,10);5H2,1H3,(H3,3,4).